The molecule has 1 saturated heterocycles. The maximum absolute atomic E-state index is 13.4. The van der Waals surface area contributed by atoms with Gasteiger partial charge in [-0.3, -0.25) is 13.9 Å². The predicted molar refractivity (Wildman–Crippen MR) is 134 cm³/mol. The summed E-state index contributed by atoms with van der Waals surface area (Å²) in [5.74, 6) is -0.796. The Morgan fingerprint density at radius 2 is 1.76 bits per heavy atom. The van der Waals surface area contributed by atoms with Crippen molar-refractivity contribution in [2.45, 2.75) is 30.8 Å². The first kappa shape index (κ1) is 26.2. The van der Waals surface area contributed by atoms with Gasteiger partial charge >= 0.3 is 6.18 Å². The first-order chi connectivity index (χ1) is 17.5. The number of benzene rings is 3. The number of hydrogen-bond acceptors (Lipinski definition) is 4. The fraction of sp³-hybridized carbons (Fsp3) is 0.231. The van der Waals surface area contributed by atoms with Crippen LogP contribution in [0.1, 0.15) is 24.0 Å². The van der Waals surface area contributed by atoms with Crippen LogP contribution in [0.3, 0.4) is 0 Å². The number of anilines is 3. The number of carbonyl (C=O) groups excluding carboxylic acids is 2. The number of rotatable bonds is 7. The zero-order valence-electron chi connectivity index (χ0n) is 19.8. The van der Waals surface area contributed by atoms with Crippen LogP contribution in [0, 0.1) is 6.92 Å². The Balaban J connectivity index is 1.65. The van der Waals surface area contributed by atoms with Gasteiger partial charge in [0, 0.05) is 24.3 Å². The van der Waals surface area contributed by atoms with Crippen LogP contribution < -0.4 is 14.5 Å². The van der Waals surface area contributed by atoms with Gasteiger partial charge in [-0.1, -0.05) is 30.3 Å². The first-order valence-electron chi connectivity index (χ1n) is 11.4. The van der Waals surface area contributed by atoms with Crippen LogP contribution in [0.4, 0.5) is 30.2 Å². The topological polar surface area (TPSA) is 86.8 Å². The number of halogens is 3. The minimum Gasteiger partial charge on any atom is -0.324 e. The fourth-order valence-electron chi connectivity index (χ4n) is 4.08. The van der Waals surface area contributed by atoms with E-state index in [0.717, 1.165) is 24.1 Å². The van der Waals surface area contributed by atoms with Crippen LogP contribution in [0.25, 0.3) is 0 Å². The lowest BCUT2D eigenvalue weighted by molar-refractivity contribution is -0.137. The number of sulfonamides is 1. The van der Waals surface area contributed by atoms with E-state index in [2.05, 4.69) is 5.32 Å². The van der Waals surface area contributed by atoms with Crippen molar-refractivity contribution in [2.75, 3.05) is 27.6 Å². The minimum atomic E-state index is -4.70. The molecule has 0 bridgehead atoms. The summed E-state index contributed by atoms with van der Waals surface area (Å²) < 4.78 is 67.5. The molecule has 1 N–H and O–H groups in total. The summed E-state index contributed by atoms with van der Waals surface area (Å²) in [5, 5.41) is 2.61. The van der Waals surface area contributed by atoms with E-state index in [-0.39, 0.29) is 16.5 Å². The third-order valence-corrected chi connectivity index (χ3v) is 7.73. The third-order valence-electron chi connectivity index (χ3n) is 5.94. The SMILES string of the molecule is Cc1ccc(NC(=O)CN(c2cccc(C(F)(F)F)c2)S(=O)(=O)c2ccccc2)cc1N1CCCC1=O. The number of nitrogens with zero attached hydrogens (tertiary/aromatic N) is 2. The van der Waals surface area contributed by atoms with Crippen LogP contribution in [-0.2, 0) is 25.8 Å². The molecule has 1 aliphatic rings. The highest BCUT2D eigenvalue weighted by Crippen LogP contribution is 2.33. The molecular formula is C26H24F3N3O4S. The van der Waals surface area contributed by atoms with E-state index in [0.29, 0.717) is 34.7 Å². The molecule has 1 heterocycles. The van der Waals surface area contributed by atoms with E-state index in [1.807, 2.05) is 6.92 Å². The van der Waals surface area contributed by atoms with Gasteiger partial charge in [0.1, 0.15) is 6.54 Å². The van der Waals surface area contributed by atoms with E-state index in [4.69, 9.17) is 0 Å². The van der Waals surface area contributed by atoms with Crippen LogP contribution in [0.15, 0.2) is 77.7 Å². The van der Waals surface area contributed by atoms with Crippen molar-refractivity contribution < 1.29 is 31.2 Å². The second-order valence-corrected chi connectivity index (χ2v) is 10.4. The van der Waals surface area contributed by atoms with Crippen molar-refractivity contribution in [3.8, 4) is 0 Å². The van der Waals surface area contributed by atoms with Crippen molar-refractivity contribution in [3.05, 3.63) is 83.9 Å². The van der Waals surface area contributed by atoms with Crippen molar-refractivity contribution in [2.24, 2.45) is 0 Å². The fourth-order valence-corrected chi connectivity index (χ4v) is 5.52. The second-order valence-electron chi connectivity index (χ2n) is 8.57. The number of amides is 2. The van der Waals surface area contributed by atoms with Crippen molar-refractivity contribution >= 4 is 38.9 Å². The van der Waals surface area contributed by atoms with E-state index in [1.165, 1.54) is 30.3 Å². The van der Waals surface area contributed by atoms with Crippen LogP contribution in [-0.4, -0.2) is 33.3 Å². The van der Waals surface area contributed by atoms with E-state index in [1.54, 1.807) is 29.2 Å². The molecule has 0 unspecified atom stereocenters. The van der Waals surface area contributed by atoms with Gasteiger partial charge in [-0.05, 0) is 61.4 Å². The van der Waals surface area contributed by atoms with E-state index < -0.39 is 34.2 Å². The molecule has 0 saturated carbocycles. The van der Waals surface area contributed by atoms with Gasteiger partial charge in [0.15, 0.2) is 0 Å². The smallest absolute Gasteiger partial charge is 0.324 e. The summed E-state index contributed by atoms with van der Waals surface area (Å²) in [4.78, 5) is 26.7. The number of hydrogen-bond donors (Lipinski definition) is 1. The summed E-state index contributed by atoms with van der Waals surface area (Å²) >= 11 is 0. The molecule has 0 aliphatic carbocycles. The number of aryl methyl sites for hydroxylation is 1. The average Bonchev–Trinajstić information content (AvgIpc) is 3.29. The van der Waals surface area contributed by atoms with Gasteiger partial charge in [0.25, 0.3) is 10.0 Å². The van der Waals surface area contributed by atoms with Gasteiger partial charge in [-0.15, -0.1) is 0 Å². The lowest BCUT2D eigenvalue weighted by atomic mass is 10.1. The molecule has 0 radical (unpaired) electrons. The van der Waals surface area contributed by atoms with Gasteiger partial charge < -0.3 is 10.2 Å². The Morgan fingerprint density at radius 3 is 2.41 bits per heavy atom. The van der Waals surface area contributed by atoms with Crippen molar-refractivity contribution in [1.29, 1.82) is 0 Å². The van der Waals surface area contributed by atoms with Gasteiger partial charge in [0.05, 0.1) is 16.1 Å². The summed E-state index contributed by atoms with van der Waals surface area (Å²) in [6.07, 6.45) is -3.55. The lowest BCUT2D eigenvalue weighted by Gasteiger charge is -2.25. The highest BCUT2D eigenvalue weighted by Gasteiger charge is 2.33. The van der Waals surface area contributed by atoms with Crippen LogP contribution in [0.5, 0.6) is 0 Å². The molecular weight excluding hydrogens is 507 g/mol. The molecule has 0 atom stereocenters. The summed E-state index contributed by atoms with van der Waals surface area (Å²) in [7, 11) is -4.39. The highest BCUT2D eigenvalue weighted by molar-refractivity contribution is 7.92. The largest absolute Gasteiger partial charge is 0.416 e. The molecule has 4 rings (SSSR count). The molecule has 3 aromatic rings. The molecule has 11 heteroatoms. The molecule has 1 fully saturated rings. The molecule has 3 aromatic carbocycles. The Hall–Kier alpha value is -3.86. The van der Waals surface area contributed by atoms with E-state index in [9.17, 15) is 31.2 Å². The molecule has 0 spiro atoms. The van der Waals surface area contributed by atoms with Gasteiger partial charge in [-0.25, -0.2) is 8.42 Å². The van der Waals surface area contributed by atoms with E-state index >= 15 is 0 Å². The Kier molecular flexibility index (Phi) is 7.26. The molecule has 0 aromatic heterocycles. The standard InChI is InChI=1S/C26H24F3N3O4S/c1-18-12-13-20(16-23(18)31-14-6-11-25(31)34)30-24(33)17-32(37(35,36)22-9-3-2-4-10-22)21-8-5-7-19(15-21)26(27,28)29/h2-5,7-10,12-13,15-16H,6,11,14,17H2,1H3,(H,30,33). The predicted octanol–water partition coefficient (Wildman–Crippen LogP) is 4.97. The highest BCUT2D eigenvalue weighted by atomic mass is 32.2. The average molecular weight is 532 g/mol. The Labute approximate surface area is 212 Å². The van der Waals surface area contributed by atoms with Crippen LogP contribution >= 0.6 is 0 Å². The van der Waals surface area contributed by atoms with Crippen molar-refractivity contribution in [1.82, 2.24) is 0 Å². The van der Waals surface area contributed by atoms with Crippen LogP contribution in [0.2, 0.25) is 0 Å². The summed E-state index contributed by atoms with van der Waals surface area (Å²) in [6.45, 7) is 1.61. The number of carbonyl (C=O) groups is 2. The lowest BCUT2D eigenvalue weighted by Crippen LogP contribution is -2.38. The normalized spacial score (nSPS) is 14.1. The first-order valence-corrected chi connectivity index (χ1v) is 12.9. The Morgan fingerprint density at radius 1 is 1.03 bits per heavy atom. The third kappa shape index (κ3) is 5.77. The minimum absolute atomic E-state index is 0.0312. The van der Waals surface area contributed by atoms with Gasteiger partial charge in [-0.2, -0.15) is 13.2 Å². The maximum atomic E-state index is 13.4. The molecule has 37 heavy (non-hydrogen) atoms. The van der Waals surface area contributed by atoms with Gasteiger partial charge in [0.2, 0.25) is 11.8 Å². The molecule has 2 amide bonds. The Bertz CT molecular complexity index is 1430. The van der Waals surface area contributed by atoms with Crippen molar-refractivity contribution in [3.63, 3.8) is 0 Å². The number of nitrogens with one attached hydrogen (secondary N) is 1. The summed E-state index contributed by atoms with van der Waals surface area (Å²) in [5.41, 5.74) is 0.432. The number of alkyl halides is 3. The molecule has 7 nitrogen and oxygen atoms in total. The molecule has 1 aliphatic heterocycles. The molecule has 194 valence electrons. The second kappa shape index (κ2) is 10.3. The monoisotopic (exact) mass is 531 g/mol. The zero-order chi connectivity index (χ0) is 26.8. The zero-order valence-corrected chi connectivity index (χ0v) is 20.6. The maximum Gasteiger partial charge on any atom is 0.416 e. The summed E-state index contributed by atoms with van der Waals surface area (Å²) in [6, 6.07) is 15.9. The quantitative estimate of drug-likeness (QED) is 0.466.